The van der Waals surface area contributed by atoms with Crippen LogP contribution in [0.1, 0.15) is 36.2 Å². The van der Waals surface area contributed by atoms with Gasteiger partial charge in [0.05, 0.1) is 6.20 Å². The highest BCUT2D eigenvalue weighted by Crippen LogP contribution is 2.21. The molecule has 0 amide bonds. The first-order valence-corrected chi connectivity index (χ1v) is 8.97. The van der Waals surface area contributed by atoms with E-state index in [2.05, 4.69) is 15.0 Å². The number of aromatic amines is 1. The quantitative estimate of drug-likeness (QED) is 0.550. The van der Waals surface area contributed by atoms with Gasteiger partial charge in [-0.2, -0.15) is 0 Å². The zero-order chi connectivity index (χ0) is 17.3. The van der Waals surface area contributed by atoms with Crippen LogP contribution in [0.4, 0.5) is 0 Å². The second-order valence-electron chi connectivity index (χ2n) is 6.00. The van der Waals surface area contributed by atoms with Crippen molar-refractivity contribution >= 4 is 11.6 Å². The lowest BCUT2D eigenvalue weighted by Gasteiger charge is -2.11. The summed E-state index contributed by atoms with van der Waals surface area (Å²) in [6.07, 6.45) is 12.7. The average Bonchev–Trinajstić information content (AvgIpc) is 3.15. The summed E-state index contributed by atoms with van der Waals surface area (Å²) >= 11 is 5.91. The van der Waals surface area contributed by atoms with Gasteiger partial charge in [-0.05, 0) is 48.6 Å². The molecule has 0 spiro atoms. The molecule has 130 valence electrons. The second kappa shape index (κ2) is 9.23. The summed E-state index contributed by atoms with van der Waals surface area (Å²) in [7, 11) is 0. The molecule has 0 atom stereocenters. The first-order chi connectivity index (χ1) is 12.3. The molecule has 4 nitrogen and oxygen atoms in total. The predicted octanol–water partition coefficient (Wildman–Crippen LogP) is 4.99. The number of aryl methyl sites for hydroxylation is 2. The summed E-state index contributed by atoms with van der Waals surface area (Å²) < 4.78 is 5.96. The summed E-state index contributed by atoms with van der Waals surface area (Å²) in [5, 5.41) is 0.736. The van der Waals surface area contributed by atoms with Crippen molar-refractivity contribution in [2.24, 2.45) is 0 Å². The molecule has 0 bridgehead atoms. The van der Waals surface area contributed by atoms with E-state index in [9.17, 15) is 0 Å². The predicted molar refractivity (Wildman–Crippen MR) is 99.9 cm³/mol. The average molecular weight is 356 g/mol. The number of unbranched alkanes of at least 4 members (excludes halogenated alkanes) is 2. The SMILES string of the molecule is Clc1ccc(COc2cnccc2CCCCCc2ncc[nH]2)cc1. The minimum Gasteiger partial charge on any atom is -0.487 e. The van der Waals surface area contributed by atoms with Crippen LogP contribution in [-0.2, 0) is 19.4 Å². The maximum absolute atomic E-state index is 5.96. The fourth-order valence-corrected chi connectivity index (χ4v) is 2.83. The number of aromatic nitrogens is 3. The van der Waals surface area contributed by atoms with Gasteiger partial charge in [-0.1, -0.05) is 30.2 Å². The van der Waals surface area contributed by atoms with Gasteiger partial charge in [0.25, 0.3) is 0 Å². The second-order valence-corrected chi connectivity index (χ2v) is 6.43. The number of nitrogens with zero attached hydrogens (tertiary/aromatic N) is 2. The largest absolute Gasteiger partial charge is 0.487 e. The van der Waals surface area contributed by atoms with Crippen LogP contribution in [0.25, 0.3) is 0 Å². The molecule has 3 aromatic rings. The third kappa shape index (κ3) is 5.61. The number of nitrogens with one attached hydrogen (secondary N) is 1. The molecule has 0 fully saturated rings. The number of hydrogen-bond acceptors (Lipinski definition) is 3. The van der Waals surface area contributed by atoms with Gasteiger partial charge in [0.1, 0.15) is 18.2 Å². The van der Waals surface area contributed by atoms with Crippen molar-refractivity contribution in [2.75, 3.05) is 0 Å². The number of rotatable bonds is 9. The van der Waals surface area contributed by atoms with Crippen LogP contribution in [0, 0.1) is 0 Å². The van der Waals surface area contributed by atoms with Gasteiger partial charge in [-0.25, -0.2) is 4.98 Å². The van der Waals surface area contributed by atoms with E-state index in [0.717, 1.165) is 47.8 Å². The van der Waals surface area contributed by atoms with Gasteiger partial charge in [0.15, 0.2) is 0 Å². The number of imidazole rings is 1. The van der Waals surface area contributed by atoms with Crippen molar-refractivity contribution < 1.29 is 4.74 Å². The minimum absolute atomic E-state index is 0.522. The molecular weight excluding hydrogens is 334 g/mol. The zero-order valence-electron chi connectivity index (χ0n) is 14.1. The summed E-state index contributed by atoms with van der Waals surface area (Å²) in [4.78, 5) is 11.6. The van der Waals surface area contributed by atoms with Crippen LogP contribution < -0.4 is 4.74 Å². The van der Waals surface area contributed by atoms with Crippen LogP contribution in [-0.4, -0.2) is 15.0 Å². The Hall–Kier alpha value is -2.33. The maximum atomic E-state index is 5.96. The fraction of sp³-hybridized carbons (Fsp3) is 0.300. The third-order valence-electron chi connectivity index (χ3n) is 4.09. The Morgan fingerprint density at radius 3 is 2.60 bits per heavy atom. The summed E-state index contributed by atoms with van der Waals surface area (Å²) in [6.45, 7) is 0.522. The molecule has 0 radical (unpaired) electrons. The summed E-state index contributed by atoms with van der Waals surface area (Å²) in [6, 6.07) is 9.76. The summed E-state index contributed by atoms with van der Waals surface area (Å²) in [5.74, 6) is 1.93. The summed E-state index contributed by atoms with van der Waals surface area (Å²) in [5.41, 5.74) is 2.31. The normalized spacial score (nSPS) is 10.8. The van der Waals surface area contributed by atoms with E-state index in [-0.39, 0.29) is 0 Å². The van der Waals surface area contributed by atoms with E-state index in [1.807, 2.05) is 42.7 Å². The molecule has 0 saturated carbocycles. The molecule has 2 aromatic heterocycles. The lowest BCUT2D eigenvalue weighted by Crippen LogP contribution is -1.99. The number of pyridine rings is 1. The van der Waals surface area contributed by atoms with Crippen LogP contribution >= 0.6 is 11.6 Å². The Balaban J connectivity index is 1.46. The molecule has 1 aromatic carbocycles. The highest BCUT2D eigenvalue weighted by atomic mass is 35.5. The number of benzene rings is 1. The Labute approximate surface area is 153 Å². The van der Waals surface area contributed by atoms with E-state index in [1.165, 1.54) is 12.0 Å². The highest BCUT2D eigenvalue weighted by molar-refractivity contribution is 6.30. The Bertz CT molecular complexity index is 757. The van der Waals surface area contributed by atoms with E-state index < -0.39 is 0 Å². The number of hydrogen-bond donors (Lipinski definition) is 1. The van der Waals surface area contributed by atoms with Crippen LogP contribution in [0.2, 0.25) is 5.02 Å². The van der Waals surface area contributed by atoms with Gasteiger partial charge in [-0.3, -0.25) is 4.98 Å². The fourth-order valence-electron chi connectivity index (χ4n) is 2.71. The van der Waals surface area contributed by atoms with Crippen molar-refractivity contribution in [1.82, 2.24) is 15.0 Å². The van der Waals surface area contributed by atoms with Gasteiger partial charge in [0.2, 0.25) is 0 Å². The molecule has 5 heteroatoms. The lowest BCUT2D eigenvalue weighted by molar-refractivity contribution is 0.301. The molecule has 0 aliphatic rings. The standard InChI is InChI=1S/C20H22ClN3O/c21-18-8-6-16(7-9-18)15-25-19-14-22-11-10-17(19)4-2-1-3-5-20-23-12-13-24-20/h6-14H,1-5,15H2,(H,23,24). The van der Waals surface area contributed by atoms with E-state index in [1.54, 1.807) is 12.4 Å². The Morgan fingerprint density at radius 1 is 0.960 bits per heavy atom. The molecule has 0 unspecified atom stereocenters. The molecule has 0 aliphatic carbocycles. The third-order valence-corrected chi connectivity index (χ3v) is 4.34. The van der Waals surface area contributed by atoms with Crippen molar-refractivity contribution in [2.45, 2.75) is 38.7 Å². The van der Waals surface area contributed by atoms with Gasteiger partial charge in [0, 0.05) is 30.0 Å². The molecule has 1 N–H and O–H groups in total. The van der Waals surface area contributed by atoms with Crippen molar-refractivity contribution in [3.05, 3.63) is 77.1 Å². The topological polar surface area (TPSA) is 50.8 Å². The van der Waals surface area contributed by atoms with Crippen molar-refractivity contribution in [1.29, 1.82) is 0 Å². The molecule has 3 rings (SSSR count). The maximum Gasteiger partial charge on any atom is 0.141 e. The highest BCUT2D eigenvalue weighted by Gasteiger charge is 2.05. The van der Waals surface area contributed by atoms with Crippen LogP contribution in [0.3, 0.4) is 0 Å². The van der Waals surface area contributed by atoms with Crippen LogP contribution in [0.15, 0.2) is 55.1 Å². The zero-order valence-corrected chi connectivity index (χ0v) is 14.9. The van der Waals surface area contributed by atoms with E-state index in [0.29, 0.717) is 6.61 Å². The first-order valence-electron chi connectivity index (χ1n) is 8.59. The van der Waals surface area contributed by atoms with E-state index in [4.69, 9.17) is 16.3 Å². The molecule has 25 heavy (non-hydrogen) atoms. The Kier molecular flexibility index (Phi) is 6.46. The van der Waals surface area contributed by atoms with Crippen LogP contribution in [0.5, 0.6) is 5.75 Å². The van der Waals surface area contributed by atoms with Gasteiger partial charge < -0.3 is 9.72 Å². The first kappa shape index (κ1) is 17.5. The van der Waals surface area contributed by atoms with E-state index >= 15 is 0 Å². The number of ether oxygens (including phenoxy) is 1. The van der Waals surface area contributed by atoms with Crippen molar-refractivity contribution in [3.8, 4) is 5.75 Å². The van der Waals surface area contributed by atoms with Gasteiger partial charge >= 0.3 is 0 Å². The minimum atomic E-state index is 0.522. The molecule has 0 saturated heterocycles. The molecular formula is C20H22ClN3O. The number of H-pyrrole nitrogens is 1. The molecule has 0 aliphatic heterocycles. The number of halogens is 1. The Morgan fingerprint density at radius 2 is 1.80 bits per heavy atom. The lowest BCUT2D eigenvalue weighted by atomic mass is 10.1. The van der Waals surface area contributed by atoms with Gasteiger partial charge in [-0.15, -0.1) is 0 Å². The molecule has 2 heterocycles. The monoisotopic (exact) mass is 355 g/mol. The van der Waals surface area contributed by atoms with Crippen molar-refractivity contribution in [3.63, 3.8) is 0 Å². The smallest absolute Gasteiger partial charge is 0.141 e.